The lowest BCUT2D eigenvalue weighted by Crippen LogP contribution is -2.39. The molecule has 0 aliphatic carbocycles. The van der Waals surface area contributed by atoms with Gasteiger partial charge in [0.05, 0.1) is 6.54 Å². The Bertz CT molecular complexity index is 318. The molecule has 0 saturated carbocycles. The molecule has 0 radical (unpaired) electrons. The minimum atomic E-state index is 0.635. The van der Waals surface area contributed by atoms with E-state index in [4.69, 9.17) is 0 Å². The van der Waals surface area contributed by atoms with Crippen LogP contribution >= 0.6 is 27.3 Å². The van der Waals surface area contributed by atoms with Gasteiger partial charge in [-0.05, 0) is 19.3 Å². The number of likely N-dealkylation sites (tertiary alicyclic amines) is 1. The van der Waals surface area contributed by atoms with Gasteiger partial charge in [0.15, 0.2) is 0 Å². The van der Waals surface area contributed by atoms with Crippen LogP contribution in [-0.2, 0) is 6.54 Å². The molecule has 2 rings (SSSR count). The van der Waals surface area contributed by atoms with Gasteiger partial charge in [-0.1, -0.05) is 22.9 Å². The molecular weight excluding hydrogens is 274 g/mol. The van der Waals surface area contributed by atoms with Crippen LogP contribution in [0.1, 0.15) is 23.4 Å². The number of nitrogens with zero attached hydrogens (tertiary/aromatic N) is 3. The highest BCUT2D eigenvalue weighted by molar-refractivity contribution is 9.09. The van der Waals surface area contributed by atoms with Gasteiger partial charge in [-0.2, -0.15) is 0 Å². The average molecular weight is 290 g/mol. The molecule has 1 aliphatic heterocycles. The molecule has 15 heavy (non-hydrogen) atoms. The van der Waals surface area contributed by atoms with E-state index >= 15 is 0 Å². The van der Waals surface area contributed by atoms with E-state index in [0.717, 1.165) is 29.0 Å². The van der Waals surface area contributed by atoms with Gasteiger partial charge in [0.2, 0.25) is 0 Å². The second-order valence-corrected chi connectivity index (χ2v) is 6.91. The number of halogens is 1. The van der Waals surface area contributed by atoms with Gasteiger partial charge in [0, 0.05) is 17.9 Å². The van der Waals surface area contributed by atoms with Gasteiger partial charge in [-0.25, -0.2) is 0 Å². The summed E-state index contributed by atoms with van der Waals surface area (Å²) in [5, 5.41) is 10.4. The highest BCUT2D eigenvalue weighted by Gasteiger charge is 2.23. The second-order valence-electron chi connectivity index (χ2n) is 4.35. The van der Waals surface area contributed by atoms with Crippen molar-refractivity contribution >= 4 is 27.3 Å². The maximum Gasteiger partial charge on any atom is 0.131 e. The Labute approximate surface area is 103 Å². The van der Waals surface area contributed by atoms with Crippen LogP contribution in [0.2, 0.25) is 0 Å². The fraction of sp³-hybridized carbons (Fsp3) is 0.800. The third-order valence-corrected chi connectivity index (χ3v) is 4.10. The molecule has 84 valence electrons. The standard InChI is InChI=1S/C10H16BrN3S/c1-7-3-9(11)5-14(4-7)6-10-13-12-8(2)15-10/h7,9H,3-6H2,1-2H3. The molecule has 0 bridgehead atoms. The van der Waals surface area contributed by atoms with Crippen LogP contribution in [-0.4, -0.2) is 33.0 Å². The number of rotatable bonds is 2. The Balaban J connectivity index is 1.94. The molecule has 0 N–H and O–H groups in total. The molecule has 0 spiro atoms. The van der Waals surface area contributed by atoms with Crippen LogP contribution in [0.4, 0.5) is 0 Å². The molecule has 1 fully saturated rings. The van der Waals surface area contributed by atoms with Gasteiger partial charge < -0.3 is 0 Å². The second kappa shape index (κ2) is 4.89. The highest BCUT2D eigenvalue weighted by Crippen LogP contribution is 2.23. The zero-order valence-electron chi connectivity index (χ0n) is 9.11. The third kappa shape index (κ3) is 3.23. The van der Waals surface area contributed by atoms with Crippen LogP contribution in [0.25, 0.3) is 0 Å². The summed E-state index contributed by atoms with van der Waals surface area (Å²) in [4.78, 5) is 3.10. The number of hydrogen-bond acceptors (Lipinski definition) is 4. The van der Waals surface area contributed by atoms with Crippen LogP contribution in [0.5, 0.6) is 0 Å². The molecular formula is C10H16BrN3S. The van der Waals surface area contributed by atoms with E-state index in [1.165, 1.54) is 13.0 Å². The molecule has 5 heteroatoms. The largest absolute Gasteiger partial charge is 0.295 e. The molecule has 0 aromatic carbocycles. The van der Waals surface area contributed by atoms with Crippen molar-refractivity contribution < 1.29 is 0 Å². The third-order valence-electron chi connectivity index (χ3n) is 2.61. The van der Waals surface area contributed by atoms with E-state index in [2.05, 4.69) is 38.0 Å². The highest BCUT2D eigenvalue weighted by atomic mass is 79.9. The first-order valence-electron chi connectivity index (χ1n) is 5.29. The summed E-state index contributed by atoms with van der Waals surface area (Å²) in [6.45, 7) is 7.58. The van der Waals surface area contributed by atoms with E-state index in [1.807, 2.05) is 6.92 Å². The van der Waals surface area contributed by atoms with Crippen molar-refractivity contribution in [3.8, 4) is 0 Å². The van der Waals surface area contributed by atoms with E-state index < -0.39 is 0 Å². The first kappa shape index (κ1) is 11.5. The Morgan fingerprint density at radius 3 is 2.87 bits per heavy atom. The summed E-state index contributed by atoms with van der Waals surface area (Å²) >= 11 is 5.42. The summed E-state index contributed by atoms with van der Waals surface area (Å²) in [6.07, 6.45) is 1.28. The van der Waals surface area contributed by atoms with Crippen molar-refractivity contribution in [2.24, 2.45) is 5.92 Å². The number of piperidine rings is 1. The van der Waals surface area contributed by atoms with E-state index in [-0.39, 0.29) is 0 Å². The molecule has 1 aromatic rings. The Morgan fingerprint density at radius 2 is 2.27 bits per heavy atom. The van der Waals surface area contributed by atoms with Gasteiger partial charge >= 0.3 is 0 Å². The summed E-state index contributed by atoms with van der Waals surface area (Å²) < 4.78 is 0. The van der Waals surface area contributed by atoms with Crippen LogP contribution < -0.4 is 0 Å². The monoisotopic (exact) mass is 289 g/mol. The van der Waals surface area contributed by atoms with Crippen LogP contribution in [0.3, 0.4) is 0 Å². The first-order chi connectivity index (χ1) is 7.13. The number of hydrogen-bond donors (Lipinski definition) is 0. The molecule has 3 nitrogen and oxygen atoms in total. The maximum atomic E-state index is 4.17. The lowest BCUT2D eigenvalue weighted by molar-refractivity contribution is 0.183. The van der Waals surface area contributed by atoms with Crippen LogP contribution in [0.15, 0.2) is 0 Å². The zero-order chi connectivity index (χ0) is 10.8. The Kier molecular flexibility index (Phi) is 3.74. The van der Waals surface area contributed by atoms with Gasteiger partial charge in [0.25, 0.3) is 0 Å². The minimum absolute atomic E-state index is 0.635. The number of aryl methyl sites for hydroxylation is 1. The Morgan fingerprint density at radius 1 is 1.47 bits per heavy atom. The molecule has 1 saturated heterocycles. The van der Waals surface area contributed by atoms with Crippen molar-refractivity contribution in [2.75, 3.05) is 13.1 Å². The lowest BCUT2D eigenvalue weighted by Gasteiger charge is -2.33. The summed E-state index contributed by atoms with van der Waals surface area (Å²) in [7, 11) is 0. The molecule has 0 amide bonds. The molecule has 1 aromatic heterocycles. The summed E-state index contributed by atoms with van der Waals surface area (Å²) in [5.41, 5.74) is 0. The predicted molar refractivity (Wildman–Crippen MR) is 66.4 cm³/mol. The fourth-order valence-corrected chi connectivity index (χ4v) is 3.90. The first-order valence-corrected chi connectivity index (χ1v) is 7.02. The topological polar surface area (TPSA) is 29.0 Å². The van der Waals surface area contributed by atoms with Crippen molar-refractivity contribution in [3.63, 3.8) is 0 Å². The van der Waals surface area contributed by atoms with E-state index in [0.29, 0.717) is 4.83 Å². The summed E-state index contributed by atoms with van der Waals surface area (Å²) in [6, 6.07) is 0. The van der Waals surface area contributed by atoms with E-state index in [9.17, 15) is 0 Å². The van der Waals surface area contributed by atoms with Crippen molar-refractivity contribution in [3.05, 3.63) is 10.0 Å². The normalized spacial score (nSPS) is 28.2. The number of alkyl halides is 1. The van der Waals surface area contributed by atoms with Crippen LogP contribution in [0, 0.1) is 12.8 Å². The minimum Gasteiger partial charge on any atom is -0.295 e. The van der Waals surface area contributed by atoms with E-state index in [1.54, 1.807) is 11.3 Å². The maximum absolute atomic E-state index is 4.17. The molecule has 2 unspecified atom stereocenters. The number of aromatic nitrogens is 2. The van der Waals surface area contributed by atoms with Crippen molar-refractivity contribution in [1.82, 2.24) is 15.1 Å². The SMILES string of the molecule is Cc1nnc(CN2CC(C)CC(Br)C2)s1. The molecule has 1 aliphatic rings. The quantitative estimate of drug-likeness (QED) is 0.783. The van der Waals surface area contributed by atoms with Gasteiger partial charge in [-0.15, -0.1) is 21.5 Å². The summed E-state index contributed by atoms with van der Waals surface area (Å²) in [5.74, 6) is 0.775. The fourth-order valence-electron chi connectivity index (χ4n) is 2.10. The van der Waals surface area contributed by atoms with Crippen molar-refractivity contribution in [2.45, 2.75) is 31.6 Å². The van der Waals surface area contributed by atoms with Crippen molar-refractivity contribution in [1.29, 1.82) is 0 Å². The van der Waals surface area contributed by atoms with Gasteiger partial charge in [0.1, 0.15) is 10.0 Å². The molecule has 2 heterocycles. The van der Waals surface area contributed by atoms with Gasteiger partial charge in [-0.3, -0.25) is 4.90 Å². The predicted octanol–water partition coefficient (Wildman–Crippen LogP) is 2.45. The average Bonchev–Trinajstić information content (AvgIpc) is 2.49. The lowest BCUT2D eigenvalue weighted by atomic mass is 10.0. The zero-order valence-corrected chi connectivity index (χ0v) is 11.5. The smallest absolute Gasteiger partial charge is 0.131 e. The molecule has 2 atom stereocenters. The Hall–Kier alpha value is -0.0000000000000000833.